The van der Waals surface area contributed by atoms with Crippen LogP contribution < -0.4 is 10.0 Å². The molecule has 2 aromatic heterocycles. The van der Waals surface area contributed by atoms with Gasteiger partial charge in [-0.2, -0.15) is 5.10 Å². The van der Waals surface area contributed by atoms with E-state index in [-0.39, 0.29) is 10.1 Å². The Morgan fingerprint density at radius 3 is 2.54 bits per heavy atom. The molecule has 2 heterocycles. The van der Waals surface area contributed by atoms with Crippen molar-refractivity contribution in [1.29, 1.82) is 0 Å². The number of carbonyl (C=O) groups excluding carboxylic acids is 1. The number of anilines is 2. The summed E-state index contributed by atoms with van der Waals surface area (Å²) >= 11 is 1.12. The van der Waals surface area contributed by atoms with E-state index in [9.17, 15) is 13.2 Å². The Hall–Kier alpha value is -2.65. The number of carbonyl (C=O) groups is 1. The van der Waals surface area contributed by atoms with E-state index in [1.807, 2.05) is 0 Å². The molecule has 7 nitrogen and oxygen atoms in total. The van der Waals surface area contributed by atoms with Gasteiger partial charge in [-0.3, -0.25) is 14.2 Å². The SMILES string of the molecule is Cn1cc(C(=O)Nc2ccccc2NS(=O)(=O)c2cccs2)cn1. The zero-order chi connectivity index (χ0) is 17.2. The van der Waals surface area contributed by atoms with Crippen LogP contribution in [0.2, 0.25) is 0 Å². The van der Waals surface area contributed by atoms with Crippen LogP contribution in [0.15, 0.2) is 58.4 Å². The largest absolute Gasteiger partial charge is 0.320 e. The van der Waals surface area contributed by atoms with Crippen LogP contribution >= 0.6 is 11.3 Å². The first-order chi connectivity index (χ1) is 11.5. The van der Waals surface area contributed by atoms with Crippen molar-refractivity contribution in [2.45, 2.75) is 4.21 Å². The lowest BCUT2D eigenvalue weighted by Gasteiger charge is -2.12. The highest BCUT2D eigenvalue weighted by Crippen LogP contribution is 2.26. The molecule has 0 radical (unpaired) electrons. The summed E-state index contributed by atoms with van der Waals surface area (Å²) in [5, 5.41) is 8.32. The number of benzene rings is 1. The maximum Gasteiger partial charge on any atom is 0.271 e. The smallest absolute Gasteiger partial charge is 0.271 e. The quantitative estimate of drug-likeness (QED) is 0.729. The molecule has 124 valence electrons. The first-order valence-corrected chi connectivity index (χ1v) is 9.27. The maximum atomic E-state index is 12.3. The van der Waals surface area contributed by atoms with Crippen molar-refractivity contribution in [3.05, 3.63) is 59.7 Å². The van der Waals surface area contributed by atoms with Crippen LogP contribution in [0.1, 0.15) is 10.4 Å². The van der Waals surface area contributed by atoms with E-state index in [2.05, 4.69) is 15.1 Å². The molecule has 3 aromatic rings. The topological polar surface area (TPSA) is 93.1 Å². The van der Waals surface area contributed by atoms with Crippen molar-refractivity contribution in [2.24, 2.45) is 7.05 Å². The van der Waals surface area contributed by atoms with Crippen LogP contribution in [0.3, 0.4) is 0 Å². The molecule has 0 unspecified atom stereocenters. The van der Waals surface area contributed by atoms with E-state index in [1.165, 1.54) is 16.9 Å². The number of thiophene rings is 1. The van der Waals surface area contributed by atoms with E-state index < -0.39 is 10.0 Å². The number of aryl methyl sites for hydroxylation is 1. The fraction of sp³-hybridized carbons (Fsp3) is 0.0667. The number of hydrogen-bond acceptors (Lipinski definition) is 5. The molecule has 0 fully saturated rings. The summed E-state index contributed by atoms with van der Waals surface area (Å²) in [4.78, 5) is 12.2. The summed E-state index contributed by atoms with van der Waals surface area (Å²) in [5.74, 6) is -0.370. The Balaban J connectivity index is 1.85. The Morgan fingerprint density at radius 1 is 1.17 bits per heavy atom. The van der Waals surface area contributed by atoms with Crippen molar-refractivity contribution in [2.75, 3.05) is 10.0 Å². The van der Waals surface area contributed by atoms with Crippen molar-refractivity contribution in [1.82, 2.24) is 9.78 Å². The molecule has 1 aromatic carbocycles. The van der Waals surface area contributed by atoms with Gasteiger partial charge in [0.1, 0.15) is 4.21 Å². The number of para-hydroxylation sites is 2. The Morgan fingerprint density at radius 2 is 1.92 bits per heavy atom. The molecule has 0 aliphatic rings. The van der Waals surface area contributed by atoms with E-state index >= 15 is 0 Å². The summed E-state index contributed by atoms with van der Waals surface area (Å²) in [6.07, 6.45) is 3.02. The highest BCUT2D eigenvalue weighted by molar-refractivity contribution is 7.94. The average molecular weight is 362 g/mol. The molecule has 3 rings (SSSR count). The molecular formula is C15H14N4O3S2. The van der Waals surface area contributed by atoms with Crippen LogP contribution in [0, 0.1) is 0 Å². The van der Waals surface area contributed by atoms with Gasteiger partial charge < -0.3 is 5.32 Å². The Bertz CT molecular complexity index is 962. The molecule has 0 bridgehead atoms. The summed E-state index contributed by atoms with van der Waals surface area (Å²) in [6.45, 7) is 0. The fourth-order valence-corrected chi connectivity index (χ4v) is 4.10. The molecule has 1 amide bonds. The van der Waals surface area contributed by atoms with Crippen LogP contribution in [0.4, 0.5) is 11.4 Å². The number of amides is 1. The fourth-order valence-electron chi connectivity index (χ4n) is 2.03. The zero-order valence-electron chi connectivity index (χ0n) is 12.6. The third kappa shape index (κ3) is 3.47. The van der Waals surface area contributed by atoms with Crippen LogP contribution in [-0.2, 0) is 17.1 Å². The molecule has 0 atom stereocenters. The van der Waals surface area contributed by atoms with Gasteiger partial charge in [-0.25, -0.2) is 8.42 Å². The number of nitrogens with one attached hydrogen (secondary N) is 2. The first kappa shape index (κ1) is 16.2. The van der Waals surface area contributed by atoms with Gasteiger partial charge in [0.25, 0.3) is 15.9 Å². The summed E-state index contributed by atoms with van der Waals surface area (Å²) in [6, 6.07) is 9.79. The van der Waals surface area contributed by atoms with Gasteiger partial charge >= 0.3 is 0 Å². The third-order valence-electron chi connectivity index (χ3n) is 3.15. The minimum Gasteiger partial charge on any atom is -0.320 e. The van der Waals surface area contributed by atoms with Gasteiger partial charge in [0.2, 0.25) is 0 Å². The second-order valence-corrected chi connectivity index (χ2v) is 7.80. The van der Waals surface area contributed by atoms with Gasteiger partial charge in [-0.15, -0.1) is 11.3 Å². The Kier molecular flexibility index (Phi) is 4.36. The van der Waals surface area contributed by atoms with Crippen molar-refractivity contribution in [3.8, 4) is 0 Å². The average Bonchev–Trinajstić information content (AvgIpc) is 3.20. The van der Waals surface area contributed by atoms with Crippen LogP contribution in [0.25, 0.3) is 0 Å². The second-order valence-electron chi connectivity index (χ2n) is 4.94. The van der Waals surface area contributed by atoms with E-state index in [0.717, 1.165) is 11.3 Å². The summed E-state index contributed by atoms with van der Waals surface area (Å²) < 4.78 is 28.9. The van der Waals surface area contributed by atoms with Crippen LogP contribution in [-0.4, -0.2) is 24.1 Å². The lowest BCUT2D eigenvalue weighted by atomic mass is 10.2. The normalized spacial score (nSPS) is 11.2. The molecule has 0 saturated carbocycles. The van der Waals surface area contributed by atoms with Gasteiger partial charge in [0, 0.05) is 13.2 Å². The van der Waals surface area contributed by atoms with Gasteiger partial charge in [0.05, 0.1) is 23.1 Å². The molecule has 9 heteroatoms. The zero-order valence-corrected chi connectivity index (χ0v) is 14.3. The molecule has 0 saturated heterocycles. The molecule has 24 heavy (non-hydrogen) atoms. The number of nitrogens with zero attached hydrogens (tertiary/aromatic N) is 2. The van der Waals surface area contributed by atoms with E-state index in [4.69, 9.17) is 0 Å². The predicted molar refractivity (Wildman–Crippen MR) is 92.7 cm³/mol. The van der Waals surface area contributed by atoms with E-state index in [0.29, 0.717) is 16.9 Å². The lowest BCUT2D eigenvalue weighted by molar-refractivity contribution is 0.102. The molecule has 0 spiro atoms. The maximum absolute atomic E-state index is 12.3. The molecule has 0 aliphatic carbocycles. The Labute approximate surface area is 143 Å². The standard InChI is InChI=1S/C15H14N4O3S2/c1-19-10-11(9-16-19)15(20)17-12-5-2-3-6-13(12)18-24(21,22)14-7-4-8-23-14/h2-10,18H,1H3,(H,17,20). The van der Waals surface area contributed by atoms with Gasteiger partial charge in [-0.1, -0.05) is 18.2 Å². The molecule has 0 aliphatic heterocycles. The highest BCUT2D eigenvalue weighted by Gasteiger charge is 2.18. The number of sulfonamides is 1. The van der Waals surface area contributed by atoms with Gasteiger partial charge in [-0.05, 0) is 23.6 Å². The van der Waals surface area contributed by atoms with Crippen molar-refractivity contribution in [3.63, 3.8) is 0 Å². The van der Waals surface area contributed by atoms with Gasteiger partial charge in [0.15, 0.2) is 0 Å². The highest BCUT2D eigenvalue weighted by atomic mass is 32.2. The first-order valence-electron chi connectivity index (χ1n) is 6.91. The number of rotatable bonds is 5. The minimum atomic E-state index is -3.69. The third-order valence-corrected chi connectivity index (χ3v) is 5.91. The lowest BCUT2D eigenvalue weighted by Crippen LogP contribution is -2.16. The second kappa shape index (κ2) is 6.46. The summed E-state index contributed by atoms with van der Waals surface area (Å²) in [7, 11) is -1.98. The van der Waals surface area contributed by atoms with E-state index in [1.54, 1.807) is 49.0 Å². The number of aromatic nitrogens is 2. The predicted octanol–water partition coefficient (Wildman–Crippen LogP) is 2.53. The molecular weight excluding hydrogens is 348 g/mol. The monoisotopic (exact) mass is 362 g/mol. The minimum absolute atomic E-state index is 0.205. The van der Waals surface area contributed by atoms with Crippen molar-refractivity contribution >= 4 is 38.6 Å². The number of hydrogen-bond donors (Lipinski definition) is 2. The summed E-state index contributed by atoms with van der Waals surface area (Å²) in [5.41, 5.74) is 1.04. The van der Waals surface area contributed by atoms with Crippen molar-refractivity contribution < 1.29 is 13.2 Å². The van der Waals surface area contributed by atoms with Crippen LogP contribution in [0.5, 0.6) is 0 Å². The molecule has 2 N–H and O–H groups in total.